The molecule has 2 aromatic carbocycles. The second kappa shape index (κ2) is 9.62. The number of nitrogens with zero attached hydrogens (tertiary/aromatic N) is 2. The van der Waals surface area contributed by atoms with Gasteiger partial charge >= 0.3 is 0 Å². The molecule has 0 saturated heterocycles. The van der Waals surface area contributed by atoms with Gasteiger partial charge in [0.15, 0.2) is 5.82 Å². The van der Waals surface area contributed by atoms with E-state index in [1.54, 1.807) is 18.2 Å². The second-order valence-electron chi connectivity index (χ2n) is 7.27. The molecule has 8 nitrogen and oxygen atoms in total. The number of rotatable bonds is 9. The quantitative estimate of drug-likeness (QED) is 0.333. The van der Waals surface area contributed by atoms with Crippen molar-refractivity contribution in [3.05, 3.63) is 83.7 Å². The number of hydrogen-bond acceptors (Lipinski definition) is 7. The monoisotopic (exact) mass is 482 g/mol. The van der Waals surface area contributed by atoms with Gasteiger partial charge in [0.1, 0.15) is 9.92 Å². The number of para-hydroxylation sites is 1. The van der Waals surface area contributed by atoms with Crippen LogP contribution < -0.4 is 20.7 Å². The number of anilines is 5. The summed E-state index contributed by atoms with van der Waals surface area (Å²) in [5.74, 6) is 0.576. The molecule has 1 aromatic heterocycles. The topological polar surface area (TPSA) is 108 Å². The van der Waals surface area contributed by atoms with Gasteiger partial charge in [0.25, 0.3) is 0 Å². The van der Waals surface area contributed by atoms with Crippen LogP contribution in [-0.4, -0.2) is 25.4 Å². The van der Waals surface area contributed by atoms with E-state index in [-0.39, 0.29) is 15.7 Å². The number of aromatic nitrogens is 2. The highest BCUT2D eigenvalue weighted by atomic mass is 35.5. The van der Waals surface area contributed by atoms with E-state index >= 15 is 0 Å². The Morgan fingerprint density at radius 3 is 2.58 bits per heavy atom. The molecule has 1 fully saturated rings. The molecule has 0 unspecified atom stereocenters. The predicted molar refractivity (Wildman–Crippen MR) is 133 cm³/mol. The van der Waals surface area contributed by atoms with E-state index < -0.39 is 10.0 Å². The van der Waals surface area contributed by atoms with Gasteiger partial charge in [-0.15, -0.1) is 0 Å². The maximum atomic E-state index is 12.3. The summed E-state index contributed by atoms with van der Waals surface area (Å²) in [6.07, 6.45) is 5.47. The Balaban J connectivity index is 1.56. The van der Waals surface area contributed by atoms with E-state index in [2.05, 4.69) is 37.2 Å². The average molecular weight is 483 g/mol. The fraction of sp³-hybridized carbons (Fsp3) is 0.130. The Labute approximate surface area is 197 Å². The van der Waals surface area contributed by atoms with Gasteiger partial charge in [0.2, 0.25) is 16.0 Å². The van der Waals surface area contributed by atoms with Crippen molar-refractivity contribution in [2.75, 3.05) is 23.0 Å². The number of halogens is 1. The minimum atomic E-state index is -3.67. The lowest BCUT2D eigenvalue weighted by Crippen LogP contribution is -2.19. The molecule has 0 amide bonds. The zero-order valence-corrected chi connectivity index (χ0v) is 19.5. The third-order valence-electron chi connectivity index (χ3n) is 4.93. The van der Waals surface area contributed by atoms with Gasteiger partial charge in [-0.1, -0.05) is 36.4 Å². The molecule has 1 heterocycles. The zero-order valence-electron chi connectivity index (χ0n) is 17.9. The van der Waals surface area contributed by atoms with Crippen LogP contribution in [0, 0.1) is 0 Å². The number of sulfonamides is 1. The number of benzene rings is 2. The smallest absolute Gasteiger partial charge is 0.242 e. The minimum Gasteiger partial charge on any atom is -0.356 e. The van der Waals surface area contributed by atoms with E-state index in [9.17, 15) is 8.42 Å². The molecule has 4 N–H and O–H groups in total. The Kier molecular flexibility index (Phi) is 6.64. The van der Waals surface area contributed by atoms with Gasteiger partial charge in [-0.05, 0) is 61.9 Å². The highest BCUT2D eigenvalue weighted by molar-refractivity contribution is 7.89. The van der Waals surface area contributed by atoms with Crippen LogP contribution in [-0.2, 0) is 10.0 Å². The number of allylic oxidation sites excluding steroid dienone is 2. The maximum Gasteiger partial charge on any atom is 0.242 e. The van der Waals surface area contributed by atoms with Crippen molar-refractivity contribution >= 4 is 50.5 Å². The molecular weight excluding hydrogens is 460 g/mol. The minimum absolute atomic E-state index is 0.0817. The first-order chi connectivity index (χ1) is 15.9. The van der Waals surface area contributed by atoms with Gasteiger partial charge < -0.3 is 16.0 Å². The normalized spacial score (nSPS) is 12.7. The Morgan fingerprint density at radius 2 is 1.85 bits per heavy atom. The number of hydrogen-bond donors (Lipinski definition) is 4. The summed E-state index contributed by atoms with van der Waals surface area (Å²) < 4.78 is 27.0. The first kappa shape index (κ1) is 22.8. The molecule has 0 bridgehead atoms. The van der Waals surface area contributed by atoms with E-state index in [0.29, 0.717) is 11.6 Å². The molecule has 1 aliphatic carbocycles. The standard InChI is InChI=1S/C23H23ClN6O2S/c1-3-19(15-11-12-15)27-16-7-6-8-17(13-16)28-23-26-14-18(24)22(30-23)29-20-9-4-5-10-21(20)33(31,32)25-2/h3-10,13-14,25,27H,1,11-12H2,2H3,(H2,26,28,29,30). The molecule has 170 valence electrons. The van der Waals surface area contributed by atoms with Crippen molar-refractivity contribution in [2.24, 2.45) is 0 Å². The van der Waals surface area contributed by atoms with Crippen LogP contribution in [0.2, 0.25) is 5.02 Å². The number of nitrogens with one attached hydrogen (secondary N) is 4. The molecule has 3 aromatic rings. The SMILES string of the molecule is C=CC(Nc1cccc(Nc2ncc(Cl)c(Nc3ccccc3S(=O)(=O)NC)n2)c1)=C1CC1. The van der Waals surface area contributed by atoms with Gasteiger partial charge in [-0.2, -0.15) is 4.98 Å². The molecular formula is C23H23ClN6O2S. The summed E-state index contributed by atoms with van der Waals surface area (Å²) in [6.45, 7) is 3.87. The summed E-state index contributed by atoms with van der Waals surface area (Å²) in [4.78, 5) is 8.75. The van der Waals surface area contributed by atoms with Crippen LogP contribution in [0.5, 0.6) is 0 Å². The molecule has 0 atom stereocenters. The van der Waals surface area contributed by atoms with Crippen molar-refractivity contribution in [1.29, 1.82) is 0 Å². The summed E-state index contributed by atoms with van der Waals surface area (Å²) >= 11 is 6.28. The van der Waals surface area contributed by atoms with Gasteiger partial charge in [0.05, 0.1) is 11.9 Å². The Morgan fingerprint density at radius 1 is 1.09 bits per heavy atom. The van der Waals surface area contributed by atoms with Crippen LogP contribution >= 0.6 is 11.6 Å². The van der Waals surface area contributed by atoms with Crippen molar-refractivity contribution in [3.8, 4) is 0 Å². The third-order valence-corrected chi connectivity index (χ3v) is 6.67. The molecule has 33 heavy (non-hydrogen) atoms. The van der Waals surface area contributed by atoms with Crippen molar-refractivity contribution in [1.82, 2.24) is 14.7 Å². The van der Waals surface area contributed by atoms with E-state index in [0.717, 1.165) is 29.9 Å². The molecule has 0 radical (unpaired) electrons. The fourth-order valence-corrected chi connectivity index (χ4v) is 4.16. The Bertz CT molecular complexity index is 1330. The summed E-state index contributed by atoms with van der Waals surface area (Å²) in [5, 5.41) is 9.79. The first-order valence-electron chi connectivity index (χ1n) is 10.2. The zero-order chi connectivity index (χ0) is 23.4. The maximum absolute atomic E-state index is 12.3. The highest BCUT2D eigenvalue weighted by Crippen LogP contribution is 2.33. The van der Waals surface area contributed by atoms with Crippen LogP contribution in [0.1, 0.15) is 12.8 Å². The van der Waals surface area contributed by atoms with E-state index in [1.807, 2.05) is 30.3 Å². The second-order valence-corrected chi connectivity index (χ2v) is 9.53. The third kappa shape index (κ3) is 5.51. The Hall–Kier alpha value is -3.40. The fourth-order valence-electron chi connectivity index (χ4n) is 3.13. The molecule has 1 saturated carbocycles. The summed E-state index contributed by atoms with van der Waals surface area (Å²) in [6, 6.07) is 14.2. The van der Waals surface area contributed by atoms with Crippen LogP contribution in [0.3, 0.4) is 0 Å². The molecule has 0 aliphatic heterocycles. The van der Waals surface area contributed by atoms with E-state index in [4.69, 9.17) is 11.6 Å². The highest BCUT2D eigenvalue weighted by Gasteiger charge is 2.18. The lowest BCUT2D eigenvalue weighted by atomic mass is 10.2. The lowest BCUT2D eigenvalue weighted by molar-refractivity contribution is 0.588. The van der Waals surface area contributed by atoms with Gasteiger partial charge in [-0.3, -0.25) is 0 Å². The first-order valence-corrected chi connectivity index (χ1v) is 12.1. The van der Waals surface area contributed by atoms with Crippen molar-refractivity contribution < 1.29 is 8.42 Å². The van der Waals surface area contributed by atoms with Crippen molar-refractivity contribution in [2.45, 2.75) is 17.7 Å². The van der Waals surface area contributed by atoms with Crippen LogP contribution in [0.4, 0.5) is 28.8 Å². The van der Waals surface area contributed by atoms with E-state index in [1.165, 1.54) is 24.9 Å². The summed E-state index contributed by atoms with van der Waals surface area (Å²) in [5.41, 5.74) is 4.43. The van der Waals surface area contributed by atoms with Crippen LogP contribution in [0.15, 0.2) is 83.5 Å². The predicted octanol–water partition coefficient (Wildman–Crippen LogP) is 5.17. The molecule has 4 rings (SSSR count). The molecule has 0 spiro atoms. The molecule has 10 heteroatoms. The average Bonchev–Trinajstić information content (AvgIpc) is 3.66. The van der Waals surface area contributed by atoms with Crippen molar-refractivity contribution in [3.63, 3.8) is 0 Å². The summed E-state index contributed by atoms with van der Waals surface area (Å²) in [7, 11) is -2.32. The van der Waals surface area contributed by atoms with Gasteiger partial charge in [0, 0.05) is 17.1 Å². The van der Waals surface area contributed by atoms with Crippen LogP contribution in [0.25, 0.3) is 0 Å². The van der Waals surface area contributed by atoms with Gasteiger partial charge in [-0.25, -0.2) is 18.1 Å². The molecule has 1 aliphatic rings. The lowest BCUT2D eigenvalue weighted by Gasteiger charge is -2.14. The largest absolute Gasteiger partial charge is 0.356 e.